The van der Waals surface area contributed by atoms with Crippen LogP contribution in [0.4, 0.5) is 5.82 Å². The van der Waals surface area contributed by atoms with Gasteiger partial charge in [0.1, 0.15) is 5.82 Å². The van der Waals surface area contributed by atoms with Crippen LogP contribution in [-0.2, 0) is 16.6 Å². The summed E-state index contributed by atoms with van der Waals surface area (Å²) in [6.45, 7) is 7.34. The van der Waals surface area contributed by atoms with Crippen LogP contribution in [0.1, 0.15) is 49.0 Å². The fourth-order valence-corrected chi connectivity index (χ4v) is 5.16. The highest BCUT2D eigenvalue weighted by Crippen LogP contribution is 2.21. The van der Waals surface area contributed by atoms with Gasteiger partial charge in [-0.1, -0.05) is 18.6 Å². The van der Waals surface area contributed by atoms with Crippen LogP contribution < -0.4 is 10.2 Å². The van der Waals surface area contributed by atoms with Gasteiger partial charge in [0.05, 0.1) is 4.90 Å². The van der Waals surface area contributed by atoms with Crippen molar-refractivity contribution in [1.82, 2.24) is 14.6 Å². The maximum absolute atomic E-state index is 12.9. The molecule has 0 atom stereocenters. The van der Waals surface area contributed by atoms with Gasteiger partial charge < -0.3 is 10.2 Å². The minimum absolute atomic E-state index is 0.169. The van der Waals surface area contributed by atoms with Gasteiger partial charge in [0, 0.05) is 44.5 Å². The monoisotopic (exact) mass is 430 g/mol. The molecule has 1 saturated heterocycles. The van der Waals surface area contributed by atoms with Crippen molar-refractivity contribution < 1.29 is 13.2 Å². The molecular formula is C22H30N4O3S. The molecule has 0 unspecified atom stereocenters. The molecule has 162 valence electrons. The van der Waals surface area contributed by atoms with Gasteiger partial charge in [0.25, 0.3) is 5.91 Å². The third-order valence-corrected chi connectivity index (χ3v) is 7.29. The van der Waals surface area contributed by atoms with Crippen molar-refractivity contribution in [2.45, 2.75) is 44.6 Å². The second-order valence-corrected chi connectivity index (χ2v) is 9.31. The summed E-state index contributed by atoms with van der Waals surface area (Å²) < 4.78 is 27.2. The van der Waals surface area contributed by atoms with Crippen molar-refractivity contribution in [1.29, 1.82) is 0 Å². The lowest BCUT2D eigenvalue weighted by molar-refractivity contribution is 0.0950. The first-order chi connectivity index (χ1) is 14.5. The van der Waals surface area contributed by atoms with Crippen LogP contribution in [0.3, 0.4) is 0 Å². The van der Waals surface area contributed by atoms with E-state index in [-0.39, 0.29) is 10.8 Å². The average molecular weight is 431 g/mol. The second-order valence-electron chi connectivity index (χ2n) is 7.37. The number of aromatic nitrogens is 1. The maximum Gasteiger partial charge on any atom is 0.251 e. The number of benzene rings is 1. The number of hydrogen-bond acceptors (Lipinski definition) is 5. The van der Waals surface area contributed by atoms with Gasteiger partial charge in [-0.3, -0.25) is 4.79 Å². The Bertz CT molecular complexity index is 951. The molecule has 1 aliphatic heterocycles. The Hall–Kier alpha value is -2.45. The maximum atomic E-state index is 12.9. The van der Waals surface area contributed by atoms with E-state index in [0.717, 1.165) is 43.7 Å². The zero-order chi connectivity index (χ0) is 21.6. The molecule has 2 aromatic rings. The lowest BCUT2D eigenvalue weighted by Gasteiger charge is -2.26. The molecule has 1 fully saturated rings. The summed E-state index contributed by atoms with van der Waals surface area (Å²) in [4.78, 5) is 19.4. The van der Waals surface area contributed by atoms with Gasteiger partial charge in [-0.05, 0) is 56.5 Å². The Labute approximate surface area is 179 Å². The number of carbonyl (C=O) groups excluding carboxylic acids is 1. The van der Waals surface area contributed by atoms with Crippen molar-refractivity contribution in [2.75, 3.05) is 31.1 Å². The number of nitrogens with zero attached hydrogens (tertiary/aromatic N) is 3. The average Bonchev–Trinajstić information content (AvgIpc) is 2.80. The molecular weight excluding hydrogens is 400 g/mol. The number of anilines is 1. The molecule has 8 heteroatoms. The molecule has 1 amide bonds. The van der Waals surface area contributed by atoms with E-state index in [2.05, 4.69) is 29.0 Å². The SMILES string of the molecule is CCN(CC)c1ccc(CNC(=O)c2cccc(S(=O)(=O)N3CCCCC3)c2)cn1. The molecule has 30 heavy (non-hydrogen) atoms. The van der Waals surface area contributed by atoms with Gasteiger partial charge >= 0.3 is 0 Å². The standard InChI is InChI=1S/C22H30N4O3S/c1-3-25(4-2)21-12-11-18(16-23-21)17-24-22(27)19-9-8-10-20(15-19)30(28,29)26-13-6-5-7-14-26/h8-12,15-16H,3-7,13-14,17H2,1-2H3,(H,24,27). The summed E-state index contributed by atoms with van der Waals surface area (Å²) in [5.41, 5.74) is 1.22. The van der Waals surface area contributed by atoms with Gasteiger partial charge in [0.15, 0.2) is 0 Å². The predicted molar refractivity (Wildman–Crippen MR) is 118 cm³/mol. The molecule has 0 saturated carbocycles. The Kier molecular flexibility index (Phi) is 7.44. The first-order valence-electron chi connectivity index (χ1n) is 10.5. The van der Waals surface area contributed by atoms with Crippen molar-refractivity contribution in [3.8, 4) is 0 Å². The fourth-order valence-electron chi connectivity index (χ4n) is 3.59. The Morgan fingerprint density at radius 1 is 1.10 bits per heavy atom. The number of sulfonamides is 1. The fraction of sp³-hybridized carbons (Fsp3) is 0.455. The van der Waals surface area contributed by atoms with Crippen molar-refractivity contribution in [2.24, 2.45) is 0 Å². The van der Waals surface area contributed by atoms with Crippen LogP contribution in [0.25, 0.3) is 0 Å². The largest absolute Gasteiger partial charge is 0.357 e. The summed E-state index contributed by atoms with van der Waals surface area (Å²) >= 11 is 0. The van der Waals surface area contributed by atoms with E-state index in [1.54, 1.807) is 24.4 Å². The Morgan fingerprint density at radius 2 is 1.83 bits per heavy atom. The summed E-state index contributed by atoms with van der Waals surface area (Å²) in [5.74, 6) is 0.601. The van der Waals surface area contributed by atoms with E-state index >= 15 is 0 Å². The number of carbonyl (C=O) groups is 1. The summed E-state index contributed by atoms with van der Waals surface area (Å²) in [6.07, 6.45) is 4.56. The van der Waals surface area contributed by atoms with Gasteiger partial charge in [0.2, 0.25) is 10.0 Å². The zero-order valence-corrected chi connectivity index (χ0v) is 18.5. The molecule has 1 aromatic carbocycles. The smallest absolute Gasteiger partial charge is 0.251 e. The molecule has 3 rings (SSSR count). The first-order valence-corrected chi connectivity index (χ1v) is 12.0. The van der Waals surface area contributed by atoms with Crippen LogP contribution in [-0.4, -0.2) is 49.8 Å². The number of rotatable bonds is 8. The minimum Gasteiger partial charge on any atom is -0.357 e. The highest BCUT2D eigenvalue weighted by Gasteiger charge is 2.26. The minimum atomic E-state index is -3.56. The molecule has 0 spiro atoms. The van der Waals surface area contributed by atoms with E-state index in [1.807, 2.05) is 12.1 Å². The lowest BCUT2D eigenvalue weighted by Crippen LogP contribution is -2.35. The van der Waals surface area contributed by atoms with E-state index in [1.165, 1.54) is 10.4 Å². The number of amides is 1. The second kappa shape index (κ2) is 10.0. The van der Waals surface area contributed by atoms with Crippen LogP contribution in [0, 0.1) is 0 Å². The van der Waals surface area contributed by atoms with Crippen LogP contribution in [0.2, 0.25) is 0 Å². The zero-order valence-electron chi connectivity index (χ0n) is 17.7. The summed E-state index contributed by atoms with van der Waals surface area (Å²) in [5, 5.41) is 2.85. The van der Waals surface area contributed by atoms with Crippen molar-refractivity contribution >= 4 is 21.7 Å². The predicted octanol–water partition coefficient (Wildman–Crippen LogP) is 3.03. The number of pyridine rings is 1. The normalized spacial score (nSPS) is 15.0. The molecule has 2 heterocycles. The molecule has 7 nitrogen and oxygen atoms in total. The van der Waals surface area contributed by atoms with Crippen molar-refractivity contribution in [3.63, 3.8) is 0 Å². The molecule has 0 bridgehead atoms. The first kappa shape index (κ1) is 22.2. The van der Waals surface area contributed by atoms with Gasteiger partial charge in [-0.25, -0.2) is 13.4 Å². The lowest BCUT2D eigenvalue weighted by atomic mass is 10.2. The van der Waals surface area contributed by atoms with E-state index in [9.17, 15) is 13.2 Å². The third-order valence-electron chi connectivity index (χ3n) is 5.40. The van der Waals surface area contributed by atoms with Crippen molar-refractivity contribution in [3.05, 3.63) is 53.7 Å². The molecule has 1 N–H and O–H groups in total. The highest BCUT2D eigenvalue weighted by atomic mass is 32.2. The van der Waals surface area contributed by atoms with Gasteiger partial charge in [-0.2, -0.15) is 4.31 Å². The summed E-state index contributed by atoms with van der Waals surface area (Å²) in [7, 11) is -3.56. The number of piperidine rings is 1. The highest BCUT2D eigenvalue weighted by molar-refractivity contribution is 7.89. The Balaban J connectivity index is 1.65. The number of hydrogen-bond donors (Lipinski definition) is 1. The topological polar surface area (TPSA) is 82.6 Å². The molecule has 1 aliphatic rings. The van der Waals surface area contributed by atoms with E-state index < -0.39 is 10.0 Å². The van der Waals surface area contributed by atoms with Crippen LogP contribution in [0.15, 0.2) is 47.5 Å². The van der Waals surface area contributed by atoms with E-state index in [0.29, 0.717) is 25.2 Å². The van der Waals surface area contributed by atoms with Crippen LogP contribution in [0.5, 0.6) is 0 Å². The summed E-state index contributed by atoms with van der Waals surface area (Å²) in [6, 6.07) is 10.1. The molecule has 0 radical (unpaired) electrons. The number of nitrogens with one attached hydrogen (secondary N) is 1. The Morgan fingerprint density at radius 3 is 2.47 bits per heavy atom. The molecule has 0 aliphatic carbocycles. The van der Waals surface area contributed by atoms with Crippen LogP contribution >= 0.6 is 0 Å². The quantitative estimate of drug-likeness (QED) is 0.696. The third kappa shape index (κ3) is 5.17. The van der Waals surface area contributed by atoms with E-state index in [4.69, 9.17) is 0 Å². The van der Waals surface area contributed by atoms with Gasteiger partial charge in [-0.15, -0.1) is 0 Å². The molecule has 1 aromatic heterocycles.